The third-order valence-corrected chi connectivity index (χ3v) is 5.51. The molecule has 2 heterocycles. The average Bonchev–Trinajstić information content (AvgIpc) is 2.81. The molecule has 1 N–H and O–H groups in total. The van der Waals surface area contributed by atoms with E-state index in [-0.39, 0.29) is 27.7 Å². The summed E-state index contributed by atoms with van der Waals surface area (Å²) in [5, 5.41) is 9.34. The quantitative estimate of drug-likeness (QED) is 0.860. The summed E-state index contributed by atoms with van der Waals surface area (Å²) in [7, 11) is -3.67. The first-order chi connectivity index (χ1) is 8.46. The van der Waals surface area contributed by atoms with Gasteiger partial charge in [-0.15, -0.1) is 0 Å². The highest BCUT2D eigenvalue weighted by Gasteiger charge is 2.35. The Labute approximate surface area is 115 Å². The molecule has 18 heavy (non-hydrogen) atoms. The van der Waals surface area contributed by atoms with E-state index in [0.29, 0.717) is 13.0 Å². The summed E-state index contributed by atoms with van der Waals surface area (Å²) >= 11 is 11.4. The molecule has 1 atom stereocenters. The number of pyridine rings is 1. The van der Waals surface area contributed by atoms with Gasteiger partial charge in [-0.05, 0) is 18.9 Å². The highest BCUT2D eigenvalue weighted by molar-refractivity contribution is 7.89. The van der Waals surface area contributed by atoms with E-state index in [1.54, 1.807) is 0 Å². The Bertz CT molecular complexity index is 550. The van der Waals surface area contributed by atoms with Crippen LogP contribution in [0.1, 0.15) is 12.8 Å². The number of sulfonamides is 1. The minimum atomic E-state index is -3.67. The van der Waals surface area contributed by atoms with E-state index in [9.17, 15) is 13.5 Å². The number of hydrogen-bond acceptors (Lipinski definition) is 4. The van der Waals surface area contributed by atoms with Gasteiger partial charge in [-0.1, -0.05) is 23.2 Å². The monoisotopic (exact) mass is 310 g/mol. The van der Waals surface area contributed by atoms with Gasteiger partial charge in [-0.25, -0.2) is 13.4 Å². The number of nitrogens with zero attached hydrogens (tertiary/aromatic N) is 2. The molecular formula is C10H12Cl2N2O3S. The number of aliphatic hydroxyl groups excluding tert-OH is 1. The zero-order valence-electron chi connectivity index (χ0n) is 9.38. The van der Waals surface area contributed by atoms with Crippen LogP contribution in [0.2, 0.25) is 10.2 Å². The van der Waals surface area contributed by atoms with Gasteiger partial charge in [0.25, 0.3) is 0 Å². The lowest BCUT2D eigenvalue weighted by atomic mass is 10.2. The molecule has 1 aliphatic heterocycles. The summed E-state index contributed by atoms with van der Waals surface area (Å²) in [4.78, 5) is 3.73. The summed E-state index contributed by atoms with van der Waals surface area (Å²) in [5.74, 6) is 0. The van der Waals surface area contributed by atoms with Crippen LogP contribution in [-0.2, 0) is 10.0 Å². The topological polar surface area (TPSA) is 70.5 Å². The molecule has 0 spiro atoms. The van der Waals surface area contributed by atoms with Crippen LogP contribution in [0.3, 0.4) is 0 Å². The Balaban J connectivity index is 2.38. The smallest absolute Gasteiger partial charge is 0.244 e. The largest absolute Gasteiger partial charge is 0.395 e. The SMILES string of the molecule is O=S(=O)(c1cnc(Cl)c(Cl)c1)N1CCCC1CO. The molecule has 0 aromatic carbocycles. The van der Waals surface area contributed by atoms with Gasteiger partial charge in [-0.3, -0.25) is 0 Å². The van der Waals surface area contributed by atoms with Crippen molar-refractivity contribution >= 4 is 33.2 Å². The first-order valence-corrected chi connectivity index (χ1v) is 7.60. The lowest BCUT2D eigenvalue weighted by molar-refractivity contribution is 0.213. The Morgan fingerprint density at radius 3 is 2.83 bits per heavy atom. The fourth-order valence-electron chi connectivity index (χ4n) is 1.99. The fraction of sp³-hybridized carbons (Fsp3) is 0.500. The third-order valence-electron chi connectivity index (χ3n) is 2.91. The van der Waals surface area contributed by atoms with E-state index in [1.165, 1.54) is 16.6 Å². The van der Waals surface area contributed by atoms with Crippen LogP contribution in [-0.4, -0.2) is 42.0 Å². The molecule has 0 radical (unpaired) electrons. The van der Waals surface area contributed by atoms with Gasteiger partial charge in [0.15, 0.2) is 0 Å². The molecule has 1 unspecified atom stereocenters. The van der Waals surface area contributed by atoms with Crippen molar-refractivity contribution < 1.29 is 13.5 Å². The van der Waals surface area contributed by atoms with Crippen molar-refractivity contribution in [2.75, 3.05) is 13.2 Å². The van der Waals surface area contributed by atoms with Gasteiger partial charge >= 0.3 is 0 Å². The maximum Gasteiger partial charge on any atom is 0.244 e. The van der Waals surface area contributed by atoms with E-state index >= 15 is 0 Å². The van der Waals surface area contributed by atoms with Crippen molar-refractivity contribution in [3.05, 3.63) is 22.4 Å². The lowest BCUT2D eigenvalue weighted by Crippen LogP contribution is -2.37. The van der Waals surface area contributed by atoms with E-state index < -0.39 is 10.0 Å². The minimum Gasteiger partial charge on any atom is -0.395 e. The highest BCUT2D eigenvalue weighted by atomic mass is 35.5. The van der Waals surface area contributed by atoms with Gasteiger partial charge in [-0.2, -0.15) is 4.31 Å². The van der Waals surface area contributed by atoms with Crippen LogP contribution in [0.25, 0.3) is 0 Å². The molecule has 100 valence electrons. The van der Waals surface area contributed by atoms with Crippen molar-refractivity contribution in [2.24, 2.45) is 0 Å². The molecule has 2 rings (SSSR count). The Morgan fingerprint density at radius 1 is 1.50 bits per heavy atom. The number of aromatic nitrogens is 1. The molecular weight excluding hydrogens is 299 g/mol. The summed E-state index contributed by atoms with van der Waals surface area (Å²) in [6.45, 7) is 0.210. The van der Waals surface area contributed by atoms with Crippen molar-refractivity contribution in [1.29, 1.82) is 0 Å². The third kappa shape index (κ3) is 2.48. The standard InChI is InChI=1S/C10H12Cl2N2O3S/c11-9-4-8(5-13-10(9)12)18(16,17)14-3-1-2-7(14)6-15/h4-5,7,15H,1-3,6H2. The molecule has 0 amide bonds. The van der Waals surface area contributed by atoms with E-state index in [1.807, 2.05) is 0 Å². The molecule has 1 aliphatic rings. The summed E-state index contributed by atoms with van der Waals surface area (Å²) in [6.07, 6.45) is 2.57. The molecule has 1 fully saturated rings. The number of halogens is 2. The zero-order chi connectivity index (χ0) is 13.3. The molecule has 0 aliphatic carbocycles. The second kappa shape index (κ2) is 5.30. The summed E-state index contributed by atoms with van der Waals surface area (Å²) in [6, 6.07) is 0.906. The maximum atomic E-state index is 12.3. The van der Waals surface area contributed by atoms with Gasteiger partial charge < -0.3 is 5.11 Å². The summed E-state index contributed by atoms with van der Waals surface area (Å²) in [5.41, 5.74) is 0. The zero-order valence-corrected chi connectivity index (χ0v) is 11.7. The predicted molar refractivity (Wildman–Crippen MR) is 68.3 cm³/mol. The molecule has 8 heteroatoms. The Kier molecular flexibility index (Phi) is 4.13. The molecule has 5 nitrogen and oxygen atoms in total. The van der Waals surface area contributed by atoms with Gasteiger partial charge in [0.05, 0.1) is 11.6 Å². The van der Waals surface area contributed by atoms with Crippen molar-refractivity contribution in [2.45, 2.75) is 23.8 Å². The Morgan fingerprint density at radius 2 is 2.22 bits per heavy atom. The van der Waals surface area contributed by atoms with E-state index in [2.05, 4.69) is 4.98 Å². The highest BCUT2D eigenvalue weighted by Crippen LogP contribution is 2.28. The van der Waals surface area contributed by atoms with Crippen molar-refractivity contribution in [1.82, 2.24) is 9.29 Å². The van der Waals surface area contributed by atoms with Crippen LogP contribution in [0.15, 0.2) is 17.2 Å². The lowest BCUT2D eigenvalue weighted by Gasteiger charge is -2.22. The van der Waals surface area contributed by atoms with Crippen molar-refractivity contribution in [3.8, 4) is 0 Å². The average molecular weight is 311 g/mol. The first kappa shape index (κ1) is 14.0. The molecule has 1 aromatic heterocycles. The maximum absolute atomic E-state index is 12.3. The molecule has 0 saturated carbocycles. The second-order valence-corrected chi connectivity index (χ2v) is 6.69. The predicted octanol–water partition coefficient (Wildman–Crippen LogP) is 1.53. The molecule has 1 aromatic rings. The first-order valence-electron chi connectivity index (χ1n) is 5.40. The fourth-order valence-corrected chi connectivity index (χ4v) is 3.98. The van der Waals surface area contributed by atoms with E-state index in [0.717, 1.165) is 6.42 Å². The van der Waals surface area contributed by atoms with Gasteiger partial charge in [0, 0.05) is 18.8 Å². The van der Waals surface area contributed by atoms with Gasteiger partial charge in [0.2, 0.25) is 10.0 Å². The number of aliphatic hydroxyl groups is 1. The molecule has 1 saturated heterocycles. The minimum absolute atomic E-state index is 0.00255. The number of hydrogen-bond donors (Lipinski definition) is 1. The van der Waals surface area contributed by atoms with Crippen LogP contribution < -0.4 is 0 Å². The van der Waals surface area contributed by atoms with Crippen LogP contribution >= 0.6 is 23.2 Å². The van der Waals surface area contributed by atoms with Crippen molar-refractivity contribution in [3.63, 3.8) is 0 Å². The van der Waals surface area contributed by atoms with Crippen LogP contribution in [0.4, 0.5) is 0 Å². The van der Waals surface area contributed by atoms with Gasteiger partial charge in [0.1, 0.15) is 10.0 Å². The normalized spacial score (nSPS) is 21.4. The number of rotatable bonds is 3. The Hall–Kier alpha value is -0.400. The van der Waals surface area contributed by atoms with E-state index in [4.69, 9.17) is 23.2 Å². The second-order valence-electron chi connectivity index (χ2n) is 4.04. The van der Waals surface area contributed by atoms with Crippen LogP contribution in [0.5, 0.6) is 0 Å². The molecule has 0 bridgehead atoms. The summed E-state index contributed by atoms with van der Waals surface area (Å²) < 4.78 is 26.0. The van der Waals surface area contributed by atoms with Crippen LogP contribution in [0, 0.1) is 0 Å².